The molecule has 0 aromatic heterocycles. The first kappa shape index (κ1) is 17.9. The van der Waals surface area contributed by atoms with E-state index in [1.165, 1.54) is 25.3 Å². The first-order valence-corrected chi connectivity index (χ1v) is 7.76. The molecule has 0 bridgehead atoms. The van der Waals surface area contributed by atoms with Crippen LogP contribution in [0.1, 0.15) is 15.9 Å². The number of rotatable bonds is 6. The smallest absolute Gasteiger partial charge is 0.331 e. The Bertz CT molecular complexity index is 786. The number of ether oxygens (including phenoxy) is 2. The molecule has 0 aliphatic carbocycles. The molecule has 0 radical (unpaired) electrons. The van der Waals surface area contributed by atoms with E-state index in [0.29, 0.717) is 15.8 Å². The van der Waals surface area contributed by atoms with Crippen LogP contribution in [0.3, 0.4) is 0 Å². The number of benzene rings is 2. The molecule has 0 heterocycles. The summed E-state index contributed by atoms with van der Waals surface area (Å²) in [6, 6.07) is 10.9. The van der Waals surface area contributed by atoms with E-state index in [2.05, 4.69) is 15.9 Å². The standard InChI is InChI=1S/C18H14BrFO4/c1-23-15-4-2-3-13(10-15)17(21)11-24-18(22)8-5-12-9-14(19)6-7-16(12)20/h2-10H,11H2,1H3/b8-5+. The molecular weight excluding hydrogens is 379 g/mol. The van der Waals surface area contributed by atoms with Crippen LogP contribution in [0.5, 0.6) is 5.75 Å². The number of carbonyl (C=O) groups excluding carboxylic acids is 2. The molecule has 0 N–H and O–H groups in total. The zero-order valence-corrected chi connectivity index (χ0v) is 14.4. The van der Waals surface area contributed by atoms with Gasteiger partial charge in [-0.15, -0.1) is 0 Å². The van der Waals surface area contributed by atoms with E-state index in [1.807, 2.05) is 0 Å². The highest BCUT2D eigenvalue weighted by atomic mass is 79.9. The van der Waals surface area contributed by atoms with Crippen molar-refractivity contribution in [3.05, 3.63) is 70.0 Å². The Morgan fingerprint density at radius 3 is 2.75 bits per heavy atom. The molecule has 0 aliphatic heterocycles. The van der Waals surface area contributed by atoms with Crippen LogP contribution in [-0.4, -0.2) is 25.5 Å². The highest BCUT2D eigenvalue weighted by Crippen LogP contribution is 2.17. The predicted octanol–water partition coefficient (Wildman–Crippen LogP) is 4.04. The van der Waals surface area contributed by atoms with Gasteiger partial charge in [0, 0.05) is 21.7 Å². The van der Waals surface area contributed by atoms with Gasteiger partial charge in [0.05, 0.1) is 7.11 Å². The second-order valence-corrected chi connectivity index (χ2v) is 5.68. The third kappa shape index (κ3) is 5.03. The molecule has 2 rings (SSSR count). The average molecular weight is 393 g/mol. The Hall–Kier alpha value is -2.47. The van der Waals surface area contributed by atoms with Gasteiger partial charge in [-0.25, -0.2) is 9.18 Å². The summed E-state index contributed by atoms with van der Waals surface area (Å²) in [5, 5.41) is 0. The van der Waals surface area contributed by atoms with Crippen molar-refractivity contribution in [1.82, 2.24) is 0 Å². The number of methoxy groups -OCH3 is 1. The van der Waals surface area contributed by atoms with Crippen molar-refractivity contribution >= 4 is 33.8 Å². The van der Waals surface area contributed by atoms with Gasteiger partial charge in [-0.05, 0) is 36.4 Å². The molecule has 2 aromatic rings. The Morgan fingerprint density at radius 1 is 1.21 bits per heavy atom. The minimum absolute atomic E-state index is 0.237. The third-order valence-corrected chi connectivity index (χ3v) is 3.59. The van der Waals surface area contributed by atoms with E-state index < -0.39 is 18.4 Å². The third-order valence-electron chi connectivity index (χ3n) is 3.09. The van der Waals surface area contributed by atoms with Crippen molar-refractivity contribution in [1.29, 1.82) is 0 Å². The minimum Gasteiger partial charge on any atom is -0.497 e. The lowest BCUT2D eigenvalue weighted by Gasteiger charge is -2.04. The number of hydrogen-bond donors (Lipinski definition) is 0. The van der Waals surface area contributed by atoms with E-state index in [1.54, 1.807) is 30.3 Å². The summed E-state index contributed by atoms with van der Waals surface area (Å²) in [6.45, 7) is -0.405. The van der Waals surface area contributed by atoms with Crippen molar-refractivity contribution < 1.29 is 23.5 Å². The van der Waals surface area contributed by atoms with E-state index in [0.717, 1.165) is 6.08 Å². The van der Waals surface area contributed by atoms with Gasteiger partial charge in [0.15, 0.2) is 12.4 Å². The summed E-state index contributed by atoms with van der Waals surface area (Å²) in [7, 11) is 1.50. The molecule has 0 fully saturated rings. The molecule has 0 unspecified atom stereocenters. The lowest BCUT2D eigenvalue weighted by Crippen LogP contribution is -2.12. The maximum absolute atomic E-state index is 13.5. The quantitative estimate of drug-likeness (QED) is 0.423. The Morgan fingerprint density at radius 2 is 2.00 bits per heavy atom. The van der Waals surface area contributed by atoms with Crippen molar-refractivity contribution in [2.75, 3.05) is 13.7 Å². The minimum atomic E-state index is -0.731. The number of ketones is 1. The van der Waals surface area contributed by atoms with Crippen LogP contribution < -0.4 is 4.74 Å². The molecule has 2 aromatic carbocycles. The number of halogens is 2. The van der Waals surface area contributed by atoms with Gasteiger partial charge in [-0.1, -0.05) is 28.1 Å². The lowest BCUT2D eigenvalue weighted by molar-refractivity contribution is -0.136. The summed E-state index contributed by atoms with van der Waals surface area (Å²) in [5.41, 5.74) is 0.615. The van der Waals surface area contributed by atoms with Crippen LogP contribution in [0.2, 0.25) is 0 Å². The molecule has 124 valence electrons. The molecule has 0 spiro atoms. The molecule has 0 saturated carbocycles. The fraction of sp³-hybridized carbons (Fsp3) is 0.111. The highest BCUT2D eigenvalue weighted by Gasteiger charge is 2.09. The molecular formula is C18H14BrFO4. The molecule has 24 heavy (non-hydrogen) atoms. The van der Waals surface area contributed by atoms with Gasteiger partial charge in [-0.3, -0.25) is 4.79 Å². The lowest BCUT2D eigenvalue weighted by atomic mass is 10.1. The van der Waals surface area contributed by atoms with E-state index in [-0.39, 0.29) is 11.3 Å². The maximum atomic E-state index is 13.5. The zero-order chi connectivity index (χ0) is 17.5. The Labute approximate surface area is 147 Å². The SMILES string of the molecule is COc1cccc(C(=O)COC(=O)/C=C/c2cc(Br)ccc2F)c1. The van der Waals surface area contributed by atoms with Crippen molar-refractivity contribution in [3.63, 3.8) is 0 Å². The van der Waals surface area contributed by atoms with Gasteiger partial charge in [-0.2, -0.15) is 0 Å². The monoisotopic (exact) mass is 392 g/mol. The van der Waals surface area contributed by atoms with Crippen LogP contribution in [0.4, 0.5) is 4.39 Å². The fourth-order valence-electron chi connectivity index (χ4n) is 1.86. The van der Waals surface area contributed by atoms with Crippen molar-refractivity contribution in [2.45, 2.75) is 0 Å². The van der Waals surface area contributed by atoms with Gasteiger partial charge in [0.25, 0.3) is 0 Å². The van der Waals surface area contributed by atoms with Crippen molar-refractivity contribution in [3.8, 4) is 5.75 Å². The summed E-state index contributed by atoms with van der Waals surface area (Å²) in [6.07, 6.45) is 2.36. The van der Waals surface area contributed by atoms with E-state index in [9.17, 15) is 14.0 Å². The average Bonchev–Trinajstić information content (AvgIpc) is 2.60. The second kappa shape index (κ2) is 8.40. The van der Waals surface area contributed by atoms with Crippen molar-refractivity contribution in [2.24, 2.45) is 0 Å². The van der Waals surface area contributed by atoms with Gasteiger partial charge in [0.1, 0.15) is 11.6 Å². The topological polar surface area (TPSA) is 52.6 Å². The van der Waals surface area contributed by atoms with Crippen LogP contribution in [0, 0.1) is 5.82 Å². The molecule has 6 heteroatoms. The highest BCUT2D eigenvalue weighted by molar-refractivity contribution is 9.10. The van der Waals surface area contributed by atoms with Crippen LogP contribution in [0.25, 0.3) is 6.08 Å². The van der Waals surface area contributed by atoms with E-state index >= 15 is 0 Å². The molecule has 0 aliphatic rings. The Kier molecular flexibility index (Phi) is 6.26. The summed E-state index contributed by atoms with van der Waals surface area (Å²) >= 11 is 3.22. The molecule has 4 nitrogen and oxygen atoms in total. The second-order valence-electron chi connectivity index (χ2n) is 4.76. The predicted molar refractivity (Wildman–Crippen MR) is 91.4 cm³/mol. The van der Waals surface area contributed by atoms with Gasteiger partial charge < -0.3 is 9.47 Å². The van der Waals surface area contributed by atoms with Crippen LogP contribution in [-0.2, 0) is 9.53 Å². The van der Waals surface area contributed by atoms with E-state index in [4.69, 9.17) is 9.47 Å². The summed E-state index contributed by atoms with van der Waals surface area (Å²) in [5.74, 6) is -1.01. The number of Topliss-reactive ketones (excluding diaryl/α,β-unsaturated/α-hetero) is 1. The van der Waals surface area contributed by atoms with Crippen LogP contribution in [0.15, 0.2) is 53.0 Å². The van der Waals surface area contributed by atoms with Gasteiger partial charge in [0.2, 0.25) is 0 Å². The normalized spacial score (nSPS) is 10.6. The van der Waals surface area contributed by atoms with Crippen LogP contribution >= 0.6 is 15.9 Å². The van der Waals surface area contributed by atoms with Gasteiger partial charge >= 0.3 is 5.97 Å². The number of esters is 1. The molecule has 0 amide bonds. The maximum Gasteiger partial charge on any atom is 0.331 e. The first-order chi connectivity index (χ1) is 11.5. The number of carbonyl (C=O) groups is 2. The largest absolute Gasteiger partial charge is 0.497 e. The molecule has 0 atom stereocenters. The zero-order valence-electron chi connectivity index (χ0n) is 12.8. The first-order valence-electron chi connectivity index (χ1n) is 6.97. The number of hydrogen-bond acceptors (Lipinski definition) is 4. The summed E-state index contributed by atoms with van der Waals surface area (Å²) < 4.78 is 24.1. The summed E-state index contributed by atoms with van der Waals surface area (Å²) in [4.78, 5) is 23.6. The fourth-order valence-corrected chi connectivity index (χ4v) is 2.24. The molecule has 0 saturated heterocycles. The Balaban J connectivity index is 1.94.